The van der Waals surface area contributed by atoms with Crippen LogP contribution in [0.15, 0.2) is 30.3 Å². The Balaban J connectivity index is 2.20. The predicted molar refractivity (Wildman–Crippen MR) is 87.0 cm³/mol. The van der Waals surface area contributed by atoms with Gasteiger partial charge in [0.05, 0.1) is 5.92 Å². The van der Waals surface area contributed by atoms with Crippen LogP contribution >= 0.6 is 0 Å². The van der Waals surface area contributed by atoms with Crippen molar-refractivity contribution in [2.75, 3.05) is 13.1 Å². The first-order valence-corrected chi connectivity index (χ1v) is 7.92. The van der Waals surface area contributed by atoms with Crippen molar-refractivity contribution in [2.24, 2.45) is 17.1 Å². The summed E-state index contributed by atoms with van der Waals surface area (Å²) in [4.78, 5) is 15.0. The zero-order chi connectivity index (χ0) is 15.6. The molecule has 21 heavy (non-hydrogen) atoms. The Morgan fingerprint density at radius 1 is 1.29 bits per heavy atom. The molecule has 0 spiro atoms. The van der Waals surface area contributed by atoms with Gasteiger partial charge in [-0.1, -0.05) is 58.0 Å². The summed E-state index contributed by atoms with van der Waals surface area (Å²) < 4.78 is 0. The average Bonchev–Trinajstić information content (AvgIpc) is 2.42. The molecule has 1 fully saturated rings. The Bertz CT molecular complexity index is 481. The molecule has 2 atom stereocenters. The van der Waals surface area contributed by atoms with E-state index >= 15 is 0 Å². The normalized spacial score (nSPS) is 23.1. The smallest absolute Gasteiger partial charge is 0.230 e. The largest absolute Gasteiger partial charge is 0.342 e. The zero-order valence-corrected chi connectivity index (χ0v) is 13.7. The summed E-state index contributed by atoms with van der Waals surface area (Å²) in [5.74, 6) is 0.478. The van der Waals surface area contributed by atoms with Crippen molar-refractivity contribution in [3.63, 3.8) is 0 Å². The fourth-order valence-electron chi connectivity index (χ4n) is 3.23. The van der Waals surface area contributed by atoms with Gasteiger partial charge in [0.25, 0.3) is 0 Å². The highest BCUT2D eigenvalue weighted by Crippen LogP contribution is 2.32. The highest BCUT2D eigenvalue weighted by Gasteiger charge is 2.38. The van der Waals surface area contributed by atoms with Gasteiger partial charge >= 0.3 is 0 Å². The number of rotatable bonds is 3. The molecule has 1 saturated heterocycles. The van der Waals surface area contributed by atoms with Gasteiger partial charge in [0.15, 0.2) is 0 Å². The van der Waals surface area contributed by atoms with E-state index in [1.165, 1.54) is 0 Å². The molecule has 3 nitrogen and oxygen atoms in total. The number of nitrogens with two attached hydrogens (primary N) is 1. The Morgan fingerprint density at radius 3 is 2.43 bits per heavy atom. The molecule has 1 amide bonds. The fourth-order valence-corrected chi connectivity index (χ4v) is 3.23. The van der Waals surface area contributed by atoms with Crippen molar-refractivity contribution < 1.29 is 4.79 Å². The predicted octanol–water partition coefficient (Wildman–Crippen LogP) is 3.01. The molecule has 1 aromatic rings. The maximum atomic E-state index is 13.0. The van der Waals surface area contributed by atoms with Gasteiger partial charge in [-0.15, -0.1) is 0 Å². The Morgan fingerprint density at radius 2 is 1.90 bits per heavy atom. The van der Waals surface area contributed by atoms with E-state index in [0.29, 0.717) is 5.92 Å². The molecule has 2 N–H and O–H groups in total. The lowest BCUT2D eigenvalue weighted by Crippen LogP contribution is -2.55. The van der Waals surface area contributed by atoms with E-state index in [4.69, 9.17) is 5.73 Å². The molecule has 0 aromatic heterocycles. The van der Waals surface area contributed by atoms with Crippen LogP contribution in [0.5, 0.6) is 0 Å². The molecule has 3 heteroatoms. The van der Waals surface area contributed by atoms with Crippen molar-refractivity contribution in [3.05, 3.63) is 35.9 Å². The summed E-state index contributed by atoms with van der Waals surface area (Å²) >= 11 is 0. The quantitative estimate of drug-likeness (QED) is 0.929. The summed E-state index contributed by atoms with van der Waals surface area (Å²) in [5, 5.41) is 0. The van der Waals surface area contributed by atoms with Crippen molar-refractivity contribution in [1.29, 1.82) is 0 Å². The minimum Gasteiger partial charge on any atom is -0.342 e. The lowest BCUT2D eigenvalue weighted by atomic mass is 9.78. The van der Waals surface area contributed by atoms with Gasteiger partial charge in [0, 0.05) is 19.1 Å². The molecule has 2 rings (SSSR count). The third-order valence-electron chi connectivity index (χ3n) is 4.72. The van der Waals surface area contributed by atoms with E-state index in [1.807, 2.05) is 23.1 Å². The van der Waals surface area contributed by atoms with E-state index in [9.17, 15) is 4.79 Å². The molecule has 0 saturated carbocycles. The Hall–Kier alpha value is -1.35. The summed E-state index contributed by atoms with van der Waals surface area (Å²) in [6.07, 6.45) is 0.887. The molecular weight excluding hydrogens is 260 g/mol. The number of amides is 1. The van der Waals surface area contributed by atoms with Crippen molar-refractivity contribution >= 4 is 5.91 Å². The van der Waals surface area contributed by atoms with E-state index in [-0.39, 0.29) is 23.3 Å². The minimum absolute atomic E-state index is 0.00781. The fraction of sp³-hybridized carbons (Fsp3) is 0.611. The number of likely N-dealkylation sites (tertiary alicyclic amines) is 1. The lowest BCUT2D eigenvalue weighted by Gasteiger charge is -2.44. The summed E-state index contributed by atoms with van der Waals surface area (Å²) in [6.45, 7) is 10.1. The zero-order valence-electron chi connectivity index (χ0n) is 13.7. The summed E-state index contributed by atoms with van der Waals surface area (Å²) in [5.41, 5.74) is 7.29. The molecule has 0 aliphatic carbocycles. The van der Waals surface area contributed by atoms with Crippen molar-refractivity contribution in [3.8, 4) is 0 Å². The maximum absolute atomic E-state index is 13.0. The van der Waals surface area contributed by atoms with Gasteiger partial charge in [-0.05, 0) is 23.3 Å². The maximum Gasteiger partial charge on any atom is 0.230 e. The van der Waals surface area contributed by atoms with Crippen LogP contribution in [0.4, 0.5) is 0 Å². The van der Waals surface area contributed by atoms with Crippen LogP contribution in [0.3, 0.4) is 0 Å². The van der Waals surface area contributed by atoms with Crippen LogP contribution in [0.1, 0.15) is 45.6 Å². The summed E-state index contributed by atoms with van der Waals surface area (Å²) in [6, 6.07) is 10.3. The van der Waals surface area contributed by atoms with E-state index in [0.717, 1.165) is 25.1 Å². The van der Waals surface area contributed by atoms with Crippen LogP contribution in [-0.2, 0) is 4.79 Å². The van der Waals surface area contributed by atoms with Crippen LogP contribution in [-0.4, -0.2) is 29.9 Å². The van der Waals surface area contributed by atoms with E-state index in [1.54, 1.807) is 0 Å². The highest BCUT2D eigenvalue weighted by molar-refractivity contribution is 5.84. The van der Waals surface area contributed by atoms with Crippen LogP contribution in [0.2, 0.25) is 0 Å². The Labute approximate surface area is 128 Å². The summed E-state index contributed by atoms with van der Waals surface area (Å²) in [7, 11) is 0. The second kappa shape index (κ2) is 6.18. The minimum atomic E-state index is -0.0590. The van der Waals surface area contributed by atoms with Crippen LogP contribution in [0.25, 0.3) is 0 Å². The number of benzene rings is 1. The number of piperidine rings is 1. The molecule has 1 heterocycles. The first-order chi connectivity index (χ1) is 9.83. The number of carbonyl (C=O) groups excluding carboxylic acids is 1. The molecule has 1 aliphatic heterocycles. The molecule has 2 unspecified atom stereocenters. The average molecular weight is 288 g/mol. The number of carbonyl (C=O) groups is 1. The number of hydrogen-bond acceptors (Lipinski definition) is 2. The highest BCUT2D eigenvalue weighted by atomic mass is 16.2. The molecule has 116 valence electrons. The molecule has 1 aromatic carbocycles. The second-order valence-corrected chi connectivity index (χ2v) is 7.28. The second-order valence-electron chi connectivity index (χ2n) is 7.28. The molecule has 1 aliphatic rings. The van der Waals surface area contributed by atoms with Crippen LogP contribution < -0.4 is 5.73 Å². The van der Waals surface area contributed by atoms with Gasteiger partial charge in [-0.2, -0.15) is 0 Å². The standard InChI is InChI=1S/C18H28N2O/c1-13(2)16(14-8-6-5-7-9-14)17(21)20-11-10-15(19)18(3,4)12-20/h5-9,13,15-16H,10-12,19H2,1-4H3. The van der Waals surface area contributed by atoms with Gasteiger partial charge in [-0.25, -0.2) is 0 Å². The monoisotopic (exact) mass is 288 g/mol. The first kappa shape index (κ1) is 16.0. The molecule has 0 bridgehead atoms. The molecule has 0 radical (unpaired) electrons. The third-order valence-corrected chi connectivity index (χ3v) is 4.72. The van der Waals surface area contributed by atoms with Crippen LogP contribution in [0, 0.1) is 11.3 Å². The SMILES string of the molecule is CC(C)C(C(=O)N1CCC(N)C(C)(C)C1)c1ccccc1. The van der Waals surface area contributed by atoms with Gasteiger partial charge < -0.3 is 10.6 Å². The van der Waals surface area contributed by atoms with Gasteiger partial charge in [0.1, 0.15) is 0 Å². The molecular formula is C18H28N2O. The van der Waals surface area contributed by atoms with Gasteiger partial charge in [0.2, 0.25) is 5.91 Å². The lowest BCUT2D eigenvalue weighted by molar-refractivity contribution is -0.137. The van der Waals surface area contributed by atoms with E-state index < -0.39 is 0 Å². The third kappa shape index (κ3) is 3.46. The Kier molecular flexibility index (Phi) is 4.72. The van der Waals surface area contributed by atoms with Gasteiger partial charge in [-0.3, -0.25) is 4.79 Å². The first-order valence-electron chi connectivity index (χ1n) is 7.92. The number of nitrogens with zero attached hydrogens (tertiary/aromatic N) is 1. The van der Waals surface area contributed by atoms with E-state index in [2.05, 4.69) is 39.8 Å². The number of hydrogen-bond donors (Lipinski definition) is 1. The van der Waals surface area contributed by atoms with Crippen molar-refractivity contribution in [2.45, 2.75) is 46.1 Å². The topological polar surface area (TPSA) is 46.3 Å². The van der Waals surface area contributed by atoms with Crippen molar-refractivity contribution in [1.82, 2.24) is 4.90 Å².